The Hall–Kier alpha value is -3.07. The van der Waals surface area contributed by atoms with Crippen LogP contribution in [0.1, 0.15) is 47.6 Å². The summed E-state index contributed by atoms with van der Waals surface area (Å²) in [4.78, 5) is 29.1. The smallest absolute Gasteiger partial charge is 0.257 e. The number of phenolic OH excluding ortho intramolecular Hbond substituents is 1. The van der Waals surface area contributed by atoms with E-state index in [1.807, 2.05) is 0 Å². The van der Waals surface area contributed by atoms with Crippen molar-refractivity contribution < 1.29 is 32.6 Å². The van der Waals surface area contributed by atoms with Crippen LogP contribution in [-0.2, 0) is 9.53 Å². The summed E-state index contributed by atoms with van der Waals surface area (Å²) in [5.74, 6) is -3.23. The van der Waals surface area contributed by atoms with Crippen molar-refractivity contribution in [3.8, 4) is 5.75 Å². The number of phenols is 1. The minimum Gasteiger partial charge on any atom is -0.508 e. The van der Waals surface area contributed by atoms with Gasteiger partial charge in [-0.1, -0.05) is 0 Å². The Bertz CT molecular complexity index is 1080. The van der Waals surface area contributed by atoms with E-state index in [1.165, 1.54) is 29.2 Å². The number of halogens is 3. The number of nitrogens with zero attached hydrogens (tertiary/aromatic N) is 2. The first kappa shape index (κ1) is 20.8. The van der Waals surface area contributed by atoms with Crippen LogP contribution in [0.25, 0.3) is 0 Å². The van der Waals surface area contributed by atoms with Gasteiger partial charge in [0.25, 0.3) is 11.8 Å². The first-order valence-corrected chi connectivity index (χ1v) is 10.5. The lowest BCUT2D eigenvalue weighted by Gasteiger charge is -2.37. The van der Waals surface area contributed by atoms with E-state index in [0.717, 1.165) is 12.1 Å². The molecule has 168 valence electrons. The van der Waals surface area contributed by atoms with Gasteiger partial charge in [-0.25, -0.2) is 13.2 Å². The van der Waals surface area contributed by atoms with Crippen molar-refractivity contribution >= 4 is 11.8 Å². The molecule has 3 aliphatic heterocycles. The second kappa shape index (κ2) is 7.51. The van der Waals surface area contributed by atoms with Crippen molar-refractivity contribution in [2.24, 2.45) is 0 Å². The molecule has 3 fully saturated rings. The molecule has 32 heavy (non-hydrogen) atoms. The predicted molar refractivity (Wildman–Crippen MR) is 106 cm³/mol. The average Bonchev–Trinajstić information content (AvgIpc) is 3.26. The number of hydrogen-bond acceptors (Lipinski definition) is 4. The molecule has 2 amide bonds. The molecule has 5 rings (SSSR count). The molecule has 0 radical (unpaired) electrons. The first-order chi connectivity index (χ1) is 15.3. The van der Waals surface area contributed by atoms with E-state index < -0.39 is 41.2 Å². The normalized spacial score (nSPS) is 24.3. The molecule has 2 aromatic rings. The highest BCUT2D eigenvalue weighted by Gasteiger charge is 2.58. The molecule has 0 aliphatic carbocycles. The summed E-state index contributed by atoms with van der Waals surface area (Å²) >= 11 is 0. The molecule has 3 saturated heterocycles. The minimum atomic E-state index is -1.10. The standard InChI is InChI=1S/C23H21F3N2O4/c24-14-9-13(10-15(25)11-14)19-3-4-20-28(19)22(31)23(32-20)5-7-27(8-6-23)21(30)17-2-1-16(29)12-18(17)26/h1-2,9-12,19-20,29H,3-8H2. The number of piperidine rings is 1. The number of carbonyl (C=O) groups is 2. The van der Waals surface area contributed by atoms with E-state index in [9.17, 15) is 27.9 Å². The largest absolute Gasteiger partial charge is 0.508 e. The first-order valence-electron chi connectivity index (χ1n) is 10.5. The highest BCUT2D eigenvalue weighted by atomic mass is 19.1. The van der Waals surface area contributed by atoms with E-state index in [2.05, 4.69) is 0 Å². The summed E-state index contributed by atoms with van der Waals surface area (Å²) in [5.41, 5.74) is -0.847. The maximum absolute atomic E-state index is 14.1. The van der Waals surface area contributed by atoms with Gasteiger partial charge in [-0.15, -0.1) is 0 Å². The lowest BCUT2D eigenvalue weighted by atomic mass is 9.89. The average molecular weight is 446 g/mol. The molecule has 2 atom stereocenters. The van der Waals surface area contributed by atoms with E-state index in [-0.39, 0.29) is 43.2 Å². The summed E-state index contributed by atoms with van der Waals surface area (Å²) in [6, 6.07) is 6.16. The zero-order chi connectivity index (χ0) is 22.6. The van der Waals surface area contributed by atoms with Crippen LogP contribution in [0.5, 0.6) is 5.75 Å². The zero-order valence-electron chi connectivity index (χ0n) is 17.1. The van der Waals surface area contributed by atoms with E-state index in [0.29, 0.717) is 18.4 Å². The third-order valence-corrected chi connectivity index (χ3v) is 6.63. The van der Waals surface area contributed by atoms with Crippen molar-refractivity contribution in [1.82, 2.24) is 9.80 Å². The van der Waals surface area contributed by atoms with Crippen LogP contribution in [0.15, 0.2) is 36.4 Å². The number of amides is 2. The highest BCUT2D eigenvalue weighted by molar-refractivity contribution is 5.95. The molecule has 2 unspecified atom stereocenters. The summed E-state index contributed by atoms with van der Waals surface area (Å²) in [5, 5.41) is 9.35. The van der Waals surface area contributed by atoms with Crippen LogP contribution in [0.2, 0.25) is 0 Å². The van der Waals surface area contributed by atoms with Crippen molar-refractivity contribution in [2.45, 2.75) is 43.6 Å². The second-order valence-electron chi connectivity index (χ2n) is 8.53. The lowest BCUT2D eigenvalue weighted by molar-refractivity contribution is -0.142. The predicted octanol–water partition coefficient (Wildman–Crippen LogP) is 3.50. The lowest BCUT2D eigenvalue weighted by Crippen LogP contribution is -2.51. The van der Waals surface area contributed by atoms with Crippen LogP contribution < -0.4 is 0 Å². The number of fused-ring (bicyclic) bond motifs is 1. The van der Waals surface area contributed by atoms with E-state index in [1.54, 1.807) is 4.90 Å². The van der Waals surface area contributed by atoms with Crippen molar-refractivity contribution in [3.05, 3.63) is 65.0 Å². The monoisotopic (exact) mass is 446 g/mol. The molecule has 3 aliphatic rings. The Morgan fingerprint density at radius 1 is 1.03 bits per heavy atom. The van der Waals surface area contributed by atoms with E-state index in [4.69, 9.17) is 4.74 Å². The number of hydrogen-bond donors (Lipinski definition) is 1. The van der Waals surface area contributed by atoms with Gasteiger partial charge in [-0.05, 0) is 42.7 Å². The van der Waals surface area contributed by atoms with Crippen LogP contribution in [-0.4, -0.2) is 51.6 Å². The third kappa shape index (κ3) is 3.31. The van der Waals surface area contributed by atoms with Gasteiger partial charge in [-0.3, -0.25) is 9.59 Å². The van der Waals surface area contributed by atoms with Crippen molar-refractivity contribution in [3.63, 3.8) is 0 Å². The summed E-state index contributed by atoms with van der Waals surface area (Å²) < 4.78 is 47.7. The van der Waals surface area contributed by atoms with Crippen LogP contribution in [0, 0.1) is 17.5 Å². The van der Waals surface area contributed by atoms with Gasteiger partial charge in [-0.2, -0.15) is 0 Å². The molecule has 6 nitrogen and oxygen atoms in total. The highest BCUT2D eigenvalue weighted by Crippen LogP contribution is 2.47. The fraction of sp³-hybridized carbons (Fsp3) is 0.391. The topological polar surface area (TPSA) is 70.1 Å². The number of benzene rings is 2. The van der Waals surface area contributed by atoms with E-state index >= 15 is 0 Å². The number of ether oxygens (including phenoxy) is 1. The second-order valence-corrected chi connectivity index (χ2v) is 8.53. The number of likely N-dealkylation sites (tertiary alicyclic amines) is 1. The Morgan fingerprint density at radius 2 is 1.72 bits per heavy atom. The molecular formula is C23H21F3N2O4. The maximum atomic E-state index is 14.1. The molecule has 9 heteroatoms. The molecule has 2 aromatic carbocycles. The zero-order valence-corrected chi connectivity index (χ0v) is 17.1. The summed E-state index contributed by atoms with van der Waals surface area (Å²) in [7, 11) is 0. The van der Waals surface area contributed by atoms with Gasteiger partial charge in [0.1, 0.15) is 29.4 Å². The summed E-state index contributed by atoms with van der Waals surface area (Å²) in [6.45, 7) is 0.398. The van der Waals surface area contributed by atoms with Crippen molar-refractivity contribution in [1.29, 1.82) is 0 Å². The molecule has 3 heterocycles. The number of aromatic hydroxyl groups is 1. The Morgan fingerprint density at radius 3 is 2.38 bits per heavy atom. The van der Waals surface area contributed by atoms with Gasteiger partial charge in [0.05, 0.1) is 11.6 Å². The van der Waals surface area contributed by atoms with Gasteiger partial charge in [0.15, 0.2) is 5.60 Å². The minimum absolute atomic E-state index is 0.147. The fourth-order valence-corrected chi connectivity index (χ4v) is 5.06. The van der Waals surface area contributed by atoms with Crippen molar-refractivity contribution in [2.75, 3.05) is 13.1 Å². The Balaban J connectivity index is 1.32. The maximum Gasteiger partial charge on any atom is 0.257 e. The molecule has 1 N–H and O–H groups in total. The van der Waals surface area contributed by atoms with Crippen LogP contribution >= 0.6 is 0 Å². The summed E-state index contributed by atoms with van der Waals surface area (Å²) in [6.07, 6.45) is 1.11. The van der Waals surface area contributed by atoms with Gasteiger partial charge in [0, 0.05) is 38.1 Å². The number of rotatable bonds is 2. The molecule has 0 bridgehead atoms. The quantitative estimate of drug-likeness (QED) is 0.767. The molecule has 1 spiro atoms. The Labute approximate surface area is 182 Å². The number of carbonyl (C=O) groups excluding carboxylic acids is 2. The van der Waals surface area contributed by atoms with Gasteiger partial charge >= 0.3 is 0 Å². The van der Waals surface area contributed by atoms with Gasteiger partial charge in [0.2, 0.25) is 0 Å². The molecule has 0 aromatic heterocycles. The van der Waals surface area contributed by atoms with Gasteiger partial charge < -0.3 is 19.6 Å². The fourth-order valence-electron chi connectivity index (χ4n) is 5.06. The Kier molecular flexibility index (Phi) is 4.88. The third-order valence-electron chi connectivity index (χ3n) is 6.63. The van der Waals surface area contributed by atoms with Crippen LogP contribution in [0.3, 0.4) is 0 Å². The molecule has 0 saturated carbocycles. The molecular weight excluding hydrogens is 425 g/mol. The SMILES string of the molecule is O=C(c1ccc(O)cc1F)N1CCC2(CC1)OC1CCC(c3cc(F)cc(F)c3)N1C2=O. The van der Waals surface area contributed by atoms with Crippen LogP contribution in [0.4, 0.5) is 13.2 Å².